The van der Waals surface area contributed by atoms with E-state index in [1.165, 1.54) is 0 Å². The van der Waals surface area contributed by atoms with Crippen molar-refractivity contribution in [2.45, 2.75) is 19.6 Å². The number of rotatable bonds is 8. The second-order valence-corrected chi connectivity index (χ2v) is 12.9. The highest BCUT2D eigenvalue weighted by atomic mass is 35.5. The third kappa shape index (κ3) is 5.89. The largest absolute Gasteiger partial charge is 0.237 e. The Hall–Kier alpha value is -1.76. The molecule has 4 atom stereocenters. The molecule has 0 radical (unpaired) electrons. The van der Waals surface area contributed by atoms with Crippen molar-refractivity contribution < 1.29 is 16.8 Å². The van der Waals surface area contributed by atoms with Crippen LogP contribution in [-0.4, -0.2) is 16.8 Å². The molecular formula is C22H16Cl2N2O4S4. The molecule has 0 saturated heterocycles. The molecule has 34 heavy (non-hydrogen) atoms. The summed E-state index contributed by atoms with van der Waals surface area (Å²) in [6.45, 7) is 0. The van der Waals surface area contributed by atoms with Gasteiger partial charge in [-0.2, -0.15) is 0 Å². The molecule has 0 bridgehead atoms. The highest BCUT2D eigenvalue weighted by Crippen LogP contribution is 2.27. The fourth-order valence-corrected chi connectivity index (χ4v) is 7.78. The molecule has 0 amide bonds. The Bertz CT molecular complexity index is 1340. The van der Waals surface area contributed by atoms with Gasteiger partial charge < -0.3 is 0 Å². The molecule has 0 aliphatic heterocycles. The standard InChI is InChI=1S/C22H16Cl2N2O4S4/c23-15-7-11-17(12-8-15)31(27)25-33(29)21-5-1-3-19-20(21)4-2-6-22(19)34(30)26-32(28)18-13-9-16(24)10-14-18/h1-14,25-26H. The summed E-state index contributed by atoms with van der Waals surface area (Å²) in [6.07, 6.45) is 0. The van der Waals surface area contributed by atoms with E-state index in [1.807, 2.05) is 0 Å². The fourth-order valence-electron chi connectivity index (χ4n) is 3.02. The molecule has 0 heterocycles. The molecule has 0 aliphatic carbocycles. The van der Waals surface area contributed by atoms with Crippen LogP contribution in [0.25, 0.3) is 10.8 Å². The topological polar surface area (TPSA) is 92.3 Å². The normalized spacial score (nSPS) is 15.0. The van der Waals surface area contributed by atoms with Gasteiger partial charge in [-0.15, -0.1) is 8.25 Å². The van der Waals surface area contributed by atoms with Crippen molar-refractivity contribution in [1.82, 2.24) is 8.25 Å². The van der Waals surface area contributed by atoms with Gasteiger partial charge in [-0.3, -0.25) is 0 Å². The zero-order valence-electron chi connectivity index (χ0n) is 17.1. The Balaban J connectivity index is 1.59. The van der Waals surface area contributed by atoms with Crippen LogP contribution in [0.2, 0.25) is 10.0 Å². The van der Waals surface area contributed by atoms with Gasteiger partial charge in [0.05, 0.1) is 19.6 Å². The van der Waals surface area contributed by atoms with Gasteiger partial charge in [-0.05, 0) is 60.7 Å². The van der Waals surface area contributed by atoms with Crippen LogP contribution in [0.1, 0.15) is 0 Å². The Labute approximate surface area is 216 Å². The van der Waals surface area contributed by atoms with Crippen LogP contribution in [0, 0.1) is 0 Å². The van der Waals surface area contributed by atoms with Crippen LogP contribution < -0.4 is 8.25 Å². The number of hydrogen-bond acceptors (Lipinski definition) is 4. The lowest BCUT2D eigenvalue weighted by Gasteiger charge is -2.11. The van der Waals surface area contributed by atoms with Crippen LogP contribution in [-0.2, 0) is 43.9 Å². The lowest BCUT2D eigenvalue weighted by atomic mass is 10.1. The van der Waals surface area contributed by atoms with Crippen molar-refractivity contribution >= 4 is 77.9 Å². The first kappa shape index (κ1) is 25.3. The van der Waals surface area contributed by atoms with Crippen LogP contribution in [0.5, 0.6) is 0 Å². The molecule has 0 saturated carbocycles. The predicted octanol–water partition coefficient (Wildman–Crippen LogP) is 4.82. The summed E-state index contributed by atoms with van der Waals surface area (Å²) in [5, 5.41) is 2.13. The van der Waals surface area contributed by atoms with Crippen LogP contribution >= 0.6 is 23.2 Å². The second kappa shape index (κ2) is 11.3. The molecule has 4 rings (SSSR count). The fraction of sp³-hybridized carbons (Fsp3) is 0. The van der Waals surface area contributed by atoms with Gasteiger partial charge in [0.15, 0.2) is 0 Å². The minimum absolute atomic E-state index is 0.373. The number of benzene rings is 4. The Kier molecular flexibility index (Phi) is 8.43. The Morgan fingerprint density at radius 3 is 1.18 bits per heavy atom. The monoisotopic (exact) mass is 570 g/mol. The summed E-state index contributed by atoms with van der Waals surface area (Å²) in [7, 11) is -7.15. The van der Waals surface area contributed by atoms with E-state index in [0.29, 0.717) is 40.4 Å². The van der Waals surface area contributed by atoms with Gasteiger partial charge in [0.2, 0.25) is 0 Å². The number of hydrogen-bond donors (Lipinski definition) is 2. The van der Waals surface area contributed by atoms with Gasteiger partial charge >= 0.3 is 0 Å². The second-order valence-electron chi connectivity index (χ2n) is 6.76. The van der Waals surface area contributed by atoms with E-state index in [4.69, 9.17) is 23.2 Å². The first-order valence-electron chi connectivity index (χ1n) is 9.56. The lowest BCUT2D eigenvalue weighted by Crippen LogP contribution is -2.21. The summed E-state index contributed by atoms with van der Waals surface area (Å²) >= 11 is 11.7. The van der Waals surface area contributed by atoms with Gasteiger partial charge in [0, 0.05) is 20.8 Å². The zero-order valence-corrected chi connectivity index (χ0v) is 21.9. The van der Waals surface area contributed by atoms with Gasteiger partial charge in [-0.25, -0.2) is 16.8 Å². The quantitative estimate of drug-likeness (QED) is 0.317. The zero-order chi connectivity index (χ0) is 24.2. The van der Waals surface area contributed by atoms with Crippen molar-refractivity contribution in [3.05, 3.63) is 95.0 Å². The lowest BCUT2D eigenvalue weighted by molar-refractivity contribution is 0.670. The van der Waals surface area contributed by atoms with Crippen LogP contribution in [0.4, 0.5) is 0 Å². The highest BCUT2D eigenvalue weighted by Gasteiger charge is 2.17. The molecule has 4 unspecified atom stereocenters. The number of halogens is 2. The highest BCUT2D eigenvalue weighted by molar-refractivity contribution is 7.99. The molecule has 0 aliphatic rings. The van der Waals surface area contributed by atoms with Crippen LogP contribution in [0.3, 0.4) is 0 Å². The third-order valence-corrected chi connectivity index (χ3v) is 10.4. The van der Waals surface area contributed by atoms with Gasteiger partial charge in [0.25, 0.3) is 0 Å². The van der Waals surface area contributed by atoms with Gasteiger partial charge in [0.1, 0.15) is 43.9 Å². The van der Waals surface area contributed by atoms with E-state index < -0.39 is 43.9 Å². The SMILES string of the molecule is O=S(NS(=O)c1cccc2c(S(=O)NS(=O)c3ccc(Cl)cc3)cccc12)c1ccc(Cl)cc1. The average Bonchev–Trinajstić information content (AvgIpc) is 2.83. The van der Waals surface area contributed by atoms with E-state index in [0.717, 1.165) is 0 Å². The summed E-state index contributed by atoms with van der Waals surface area (Å²) in [4.78, 5) is 1.59. The van der Waals surface area contributed by atoms with Crippen molar-refractivity contribution in [3.8, 4) is 0 Å². The van der Waals surface area contributed by atoms with E-state index in [1.54, 1.807) is 84.9 Å². The molecule has 6 nitrogen and oxygen atoms in total. The summed E-state index contributed by atoms with van der Waals surface area (Å²) < 4.78 is 56.4. The van der Waals surface area contributed by atoms with E-state index in [2.05, 4.69) is 8.25 Å². The van der Waals surface area contributed by atoms with E-state index in [9.17, 15) is 16.8 Å². The van der Waals surface area contributed by atoms with Crippen molar-refractivity contribution in [2.24, 2.45) is 0 Å². The molecule has 0 fully saturated rings. The summed E-state index contributed by atoms with van der Waals surface area (Å²) in [5.74, 6) is 0. The minimum atomic E-state index is -1.83. The maximum atomic E-state index is 13.0. The smallest absolute Gasteiger partial charge is 0.137 e. The molecule has 4 aromatic carbocycles. The summed E-state index contributed by atoms with van der Waals surface area (Å²) in [5.41, 5.74) is 0. The molecule has 176 valence electrons. The Morgan fingerprint density at radius 1 is 0.471 bits per heavy atom. The van der Waals surface area contributed by atoms with E-state index >= 15 is 0 Å². The average molecular weight is 572 g/mol. The maximum Gasteiger partial charge on any atom is 0.137 e. The number of nitrogens with one attached hydrogen (secondary N) is 2. The third-order valence-electron chi connectivity index (χ3n) is 4.60. The molecule has 12 heteroatoms. The predicted molar refractivity (Wildman–Crippen MR) is 139 cm³/mol. The van der Waals surface area contributed by atoms with Crippen molar-refractivity contribution in [3.63, 3.8) is 0 Å². The number of fused-ring (bicyclic) bond motifs is 1. The first-order chi connectivity index (χ1) is 16.3. The molecule has 0 spiro atoms. The molecular weight excluding hydrogens is 555 g/mol. The molecule has 4 aromatic rings. The first-order valence-corrected chi connectivity index (χ1v) is 14.9. The van der Waals surface area contributed by atoms with Crippen LogP contribution in [0.15, 0.2) is 105 Å². The molecule has 2 N–H and O–H groups in total. The Morgan fingerprint density at radius 2 is 0.824 bits per heavy atom. The van der Waals surface area contributed by atoms with E-state index in [-0.39, 0.29) is 0 Å². The van der Waals surface area contributed by atoms with Gasteiger partial charge in [-0.1, -0.05) is 47.5 Å². The van der Waals surface area contributed by atoms with Crippen molar-refractivity contribution in [2.75, 3.05) is 0 Å². The summed E-state index contributed by atoms with van der Waals surface area (Å²) in [6, 6.07) is 22.8. The maximum absolute atomic E-state index is 13.0. The minimum Gasteiger partial charge on any atom is -0.237 e. The van der Waals surface area contributed by atoms with Crippen molar-refractivity contribution in [1.29, 1.82) is 0 Å². The molecule has 0 aromatic heterocycles.